The van der Waals surface area contributed by atoms with Crippen molar-refractivity contribution < 1.29 is 14.4 Å². The van der Waals surface area contributed by atoms with Gasteiger partial charge in [0.05, 0.1) is 5.41 Å². The van der Waals surface area contributed by atoms with Gasteiger partial charge in [0.25, 0.3) is 0 Å². The largest absolute Gasteiger partial charge is 0.326 e. The highest BCUT2D eigenvalue weighted by Gasteiger charge is 2.64. The van der Waals surface area contributed by atoms with Crippen LogP contribution in [0.15, 0.2) is 18.2 Å². The van der Waals surface area contributed by atoms with Gasteiger partial charge >= 0.3 is 0 Å². The lowest BCUT2D eigenvalue weighted by Crippen LogP contribution is -2.59. The van der Waals surface area contributed by atoms with E-state index >= 15 is 0 Å². The number of halogens is 1. The number of nitrogens with zero attached hydrogens (tertiary/aromatic N) is 1. The molecule has 0 aromatic heterocycles. The fourth-order valence-electron chi connectivity index (χ4n) is 4.27. The van der Waals surface area contributed by atoms with Gasteiger partial charge in [0.2, 0.25) is 17.7 Å². The van der Waals surface area contributed by atoms with Crippen molar-refractivity contribution >= 4 is 35.0 Å². The number of rotatable bonds is 4. The number of aryl methyl sites for hydroxylation is 1. The number of fused-ring (bicyclic) bond motifs is 2. The molecule has 1 heterocycles. The van der Waals surface area contributed by atoms with Crippen molar-refractivity contribution in [2.24, 2.45) is 16.7 Å². The number of piperidine rings is 1. The Kier molecular flexibility index (Phi) is 4.63. The average molecular weight is 377 g/mol. The van der Waals surface area contributed by atoms with E-state index in [2.05, 4.69) is 5.32 Å². The Morgan fingerprint density at radius 1 is 1.31 bits per heavy atom. The maximum absolute atomic E-state index is 13.0. The zero-order valence-corrected chi connectivity index (χ0v) is 16.4. The topological polar surface area (TPSA) is 66.5 Å². The van der Waals surface area contributed by atoms with Crippen LogP contribution < -0.4 is 5.32 Å². The number of carbonyl (C=O) groups is 3. The minimum Gasteiger partial charge on any atom is -0.326 e. The van der Waals surface area contributed by atoms with E-state index in [1.807, 2.05) is 33.8 Å². The van der Waals surface area contributed by atoms with Gasteiger partial charge in [-0.25, -0.2) is 0 Å². The first-order valence-corrected chi connectivity index (χ1v) is 9.37. The Hall–Kier alpha value is -1.88. The summed E-state index contributed by atoms with van der Waals surface area (Å²) in [6.07, 6.45) is 1.53. The molecule has 0 spiro atoms. The molecule has 1 aliphatic carbocycles. The standard InChI is InChI=1S/C20H25ClN2O3/c1-12-5-6-13(21)11-15(12)22-16(24)8-10-23-17(25)14-7-9-20(4,18(23)26)19(14,2)3/h5-6,11,14H,7-10H2,1-4H3,(H,22,24). The van der Waals surface area contributed by atoms with E-state index in [-0.39, 0.29) is 42.0 Å². The molecule has 26 heavy (non-hydrogen) atoms. The molecule has 1 aliphatic heterocycles. The Morgan fingerprint density at radius 3 is 2.69 bits per heavy atom. The van der Waals surface area contributed by atoms with Gasteiger partial charge in [-0.1, -0.05) is 38.4 Å². The predicted molar refractivity (Wildman–Crippen MR) is 101 cm³/mol. The SMILES string of the molecule is Cc1ccc(Cl)cc1NC(=O)CCN1C(=O)C2CCC(C)(C1=O)C2(C)C. The second kappa shape index (κ2) is 6.38. The average Bonchev–Trinajstić information content (AvgIpc) is 2.75. The first-order chi connectivity index (χ1) is 12.1. The van der Waals surface area contributed by atoms with Crippen LogP contribution in [-0.2, 0) is 14.4 Å². The molecule has 1 N–H and O–H groups in total. The number of nitrogens with one attached hydrogen (secondary N) is 1. The highest BCUT2D eigenvalue weighted by Crippen LogP contribution is 2.60. The molecule has 0 radical (unpaired) electrons. The van der Waals surface area contributed by atoms with Crippen LogP contribution in [0.2, 0.25) is 5.02 Å². The van der Waals surface area contributed by atoms with E-state index in [4.69, 9.17) is 11.6 Å². The van der Waals surface area contributed by atoms with Crippen LogP contribution in [0.1, 0.15) is 45.6 Å². The smallest absolute Gasteiger partial charge is 0.235 e. The molecule has 2 bridgehead atoms. The van der Waals surface area contributed by atoms with Gasteiger partial charge < -0.3 is 5.32 Å². The van der Waals surface area contributed by atoms with Gasteiger partial charge in [-0.3, -0.25) is 19.3 Å². The van der Waals surface area contributed by atoms with Crippen LogP contribution in [0.4, 0.5) is 5.69 Å². The molecular formula is C20H25ClN2O3. The normalized spacial score (nSPS) is 27.0. The monoisotopic (exact) mass is 376 g/mol. The number of carbonyl (C=O) groups excluding carboxylic acids is 3. The number of benzene rings is 1. The summed E-state index contributed by atoms with van der Waals surface area (Å²) in [5.74, 6) is -0.670. The van der Waals surface area contributed by atoms with E-state index in [0.717, 1.165) is 18.4 Å². The molecule has 2 aliphatic rings. The quantitative estimate of drug-likeness (QED) is 0.813. The minimum absolute atomic E-state index is 0.0761. The first kappa shape index (κ1) is 18.9. The number of anilines is 1. The van der Waals surface area contributed by atoms with Crippen molar-refractivity contribution in [1.82, 2.24) is 4.90 Å². The van der Waals surface area contributed by atoms with E-state index < -0.39 is 5.41 Å². The van der Waals surface area contributed by atoms with Gasteiger partial charge in [-0.05, 0) is 42.9 Å². The van der Waals surface area contributed by atoms with Crippen LogP contribution in [0, 0.1) is 23.7 Å². The molecule has 6 heteroatoms. The molecule has 2 atom stereocenters. The van der Waals surface area contributed by atoms with Gasteiger partial charge in [-0.2, -0.15) is 0 Å². The fraction of sp³-hybridized carbons (Fsp3) is 0.550. The molecular weight excluding hydrogens is 352 g/mol. The minimum atomic E-state index is -0.536. The van der Waals surface area contributed by atoms with Gasteiger partial charge in [0.15, 0.2) is 0 Å². The van der Waals surface area contributed by atoms with Crippen LogP contribution in [0.5, 0.6) is 0 Å². The molecule has 5 nitrogen and oxygen atoms in total. The number of amides is 3. The summed E-state index contributed by atoms with van der Waals surface area (Å²) in [7, 11) is 0. The summed E-state index contributed by atoms with van der Waals surface area (Å²) in [6, 6.07) is 5.28. The van der Waals surface area contributed by atoms with Crippen LogP contribution >= 0.6 is 11.6 Å². The zero-order chi connectivity index (χ0) is 19.3. The van der Waals surface area contributed by atoms with Gasteiger partial charge in [0.1, 0.15) is 0 Å². The Labute approximate surface area is 159 Å². The highest BCUT2D eigenvalue weighted by molar-refractivity contribution is 6.31. The molecule has 1 aromatic carbocycles. The Morgan fingerprint density at radius 2 is 2.00 bits per heavy atom. The van der Waals surface area contributed by atoms with E-state index in [1.165, 1.54) is 4.90 Å². The third-order valence-corrected chi connectivity index (χ3v) is 6.78. The van der Waals surface area contributed by atoms with Crippen LogP contribution in [0.25, 0.3) is 0 Å². The molecule has 2 fully saturated rings. The van der Waals surface area contributed by atoms with Crippen molar-refractivity contribution in [3.8, 4) is 0 Å². The third kappa shape index (κ3) is 2.82. The summed E-state index contributed by atoms with van der Waals surface area (Å²) < 4.78 is 0. The van der Waals surface area contributed by atoms with E-state index in [9.17, 15) is 14.4 Å². The Balaban J connectivity index is 1.68. The van der Waals surface area contributed by atoms with Crippen LogP contribution in [-0.4, -0.2) is 29.2 Å². The van der Waals surface area contributed by atoms with Crippen molar-refractivity contribution in [1.29, 1.82) is 0 Å². The molecule has 1 saturated carbocycles. The number of imide groups is 1. The maximum Gasteiger partial charge on any atom is 0.235 e. The van der Waals surface area contributed by atoms with Crippen LogP contribution in [0.3, 0.4) is 0 Å². The Bertz CT molecular complexity index is 789. The summed E-state index contributed by atoms with van der Waals surface area (Å²) in [6.45, 7) is 7.96. The highest BCUT2D eigenvalue weighted by atomic mass is 35.5. The number of hydrogen-bond donors (Lipinski definition) is 1. The van der Waals surface area contributed by atoms with Crippen molar-refractivity contribution in [3.63, 3.8) is 0 Å². The molecule has 1 saturated heterocycles. The molecule has 140 valence electrons. The summed E-state index contributed by atoms with van der Waals surface area (Å²) in [5, 5.41) is 3.35. The summed E-state index contributed by atoms with van der Waals surface area (Å²) in [4.78, 5) is 39.3. The molecule has 1 aromatic rings. The lowest BCUT2D eigenvalue weighted by Gasteiger charge is -2.47. The molecule has 2 unspecified atom stereocenters. The fourth-order valence-corrected chi connectivity index (χ4v) is 4.44. The lowest BCUT2D eigenvalue weighted by atomic mass is 9.62. The first-order valence-electron chi connectivity index (χ1n) is 9.00. The van der Waals surface area contributed by atoms with Crippen molar-refractivity contribution in [2.45, 2.75) is 47.0 Å². The summed E-state index contributed by atoms with van der Waals surface area (Å²) in [5.41, 5.74) is 0.677. The second-order valence-corrected chi connectivity index (χ2v) is 8.63. The van der Waals surface area contributed by atoms with Crippen molar-refractivity contribution in [3.05, 3.63) is 28.8 Å². The lowest BCUT2D eigenvalue weighted by molar-refractivity contribution is -0.167. The third-order valence-electron chi connectivity index (χ3n) is 6.54. The molecule has 3 rings (SSSR count). The molecule has 3 amide bonds. The van der Waals surface area contributed by atoms with Gasteiger partial charge in [-0.15, -0.1) is 0 Å². The maximum atomic E-state index is 13.0. The zero-order valence-electron chi connectivity index (χ0n) is 15.7. The van der Waals surface area contributed by atoms with E-state index in [0.29, 0.717) is 10.7 Å². The number of likely N-dealkylation sites (tertiary alicyclic amines) is 1. The summed E-state index contributed by atoms with van der Waals surface area (Å²) >= 11 is 5.97. The van der Waals surface area contributed by atoms with E-state index in [1.54, 1.807) is 12.1 Å². The van der Waals surface area contributed by atoms with Crippen molar-refractivity contribution in [2.75, 3.05) is 11.9 Å². The predicted octanol–water partition coefficient (Wildman–Crippen LogP) is 3.79. The number of hydrogen-bond acceptors (Lipinski definition) is 3. The van der Waals surface area contributed by atoms with Gasteiger partial charge in [0, 0.05) is 29.6 Å². The second-order valence-electron chi connectivity index (χ2n) is 8.20.